The number of benzene rings is 1. The summed E-state index contributed by atoms with van der Waals surface area (Å²) in [7, 11) is 0. The third-order valence-electron chi connectivity index (χ3n) is 2.53. The molecule has 1 unspecified atom stereocenters. The first kappa shape index (κ1) is 11.2. The summed E-state index contributed by atoms with van der Waals surface area (Å²) in [6.45, 7) is 2.90. The topological polar surface area (TPSA) is 18.5 Å². The van der Waals surface area contributed by atoms with E-state index in [0.717, 1.165) is 25.2 Å². The zero-order chi connectivity index (χ0) is 10.7. The summed E-state index contributed by atoms with van der Waals surface area (Å²) in [6, 6.07) is 6.21. The van der Waals surface area contributed by atoms with Gasteiger partial charge in [0, 0.05) is 9.99 Å². The van der Waals surface area contributed by atoms with Crippen molar-refractivity contribution < 1.29 is 9.47 Å². The highest BCUT2D eigenvalue weighted by atomic mass is 127. The van der Waals surface area contributed by atoms with Gasteiger partial charge in [-0.2, -0.15) is 0 Å². The average molecular weight is 318 g/mol. The fourth-order valence-electron chi connectivity index (χ4n) is 1.69. The van der Waals surface area contributed by atoms with Crippen LogP contribution in [0, 0.1) is 10.5 Å². The van der Waals surface area contributed by atoms with Crippen LogP contribution < -0.4 is 4.74 Å². The van der Waals surface area contributed by atoms with E-state index in [1.807, 2.05) is 6.07 Å². The van der Waals surface area contributed by atoms with Gasteiger partial charge in [0.05, 0.1) is 6.61 Å². The molecule has 0 bridgehead atoms. The van der Waals surface area contributed by atoms with Crippen molar-refractivity contribution in [2.45, 2.75) is 32.5 Å². The van der Waals surface area contributed by atoms with Crippen LogP contribution in [-0.2, 0) is 4.74 Å². The second kappa shape index (κ2) is 5.16. The Morgan fingerprint density at radius 1 is 1.40 bits per heavy atom. The van der Waals surface area contributed by atoms with Crippen molar-refractivity contribution in [1.29, 1.82) is 0 Å². The minimum Gasteiger partial charge on any atom is -0.465 e. The average Bonchev–Trinajstić information content (AvgIpc) is 2.24. The SMILES string of the molecule is Cc1cc(I)ccc1OC1CCCCO1. The summed E-state index contributed by atoms with van der Waals surface area (Å²) in [5, 5.41) is 0. The van der Waals surface area contributed by atoms with Gasteiger partial charge < -0.3 is 9.47 Å². The Morgan fingerprint density at radius 3 is 2.93 bits per heavy atom. The second-order valence-electron chi connectivity index (χ2n) is 3.82. The van der Waals surface area contributed by atoms with E-state index >= 15 is 0 Å². The maximum Gasteiger partial charge on any atom is 0.199 e. The molecule has 1 fully saturated rings. The number of hydrogen-bond acceptors (Lipinski definition) is 2. The van der Waals surface area contributed by atoms with Gasteiger partial charge in [-0.1, -0.05) is 0 Å². The van der Waals surface area contributed by atoms with E-state index in [2.05, 4.69) is 41.6 Å². The zero-order valence-electron chi connectivity index (χ0n) is 8.83. The van der Waals surface area contributed by atoms with E-state index < -0.39 is 0 Å². The predicted octanol–water partition coefficient (Wildman–Crippen LogP) is 3.51. The minimum absolute atomic E-state index is 0.0440. The van der Waals surface area contributed by atoms with Gasteiger partial charge in [-0.15, -0.1) is 0 Å². The summed E-state index contributed by atoms with van der Waals surface area (Å²) in [5.74, 6) is 0.947. The standard InChI is InChI=1S/C12H15IO2/c1-9-8-10(13)5-6-11(9)15-12-4-2-3-7-14-12/h5-6,8,12H,2-4,7H2,1H3. The van der Waals surface area contributed by atoms with E-state index in [4.69, 9.17) is 9.47 Å². The van der Waals surface area contributed by atoms with Crippen molar-refractivity contribution in [2.24, 2.45) is 0 Å². The van der Waals surface area contributed by atoms with Crippen LogP contribution in [0.25, 0.3) is 0 Å². The molecule has 1 aromatic rings. The third-order valence-corrected chi connectivity index (χ3v) is 3.20. The fourth-order valence-corrected chi connectivity index (χ4v) is 2.34. The Balaban J connectivity index is 2.03. The summed E-state index contributed by atoms with van der Waals surface area (Å²) < 4.78 is 12.6. The fraction of sp³-hybridized carbons (Fsp3) is 0.500. The smallest absolute Gasteiger partial charge is 0.199 e. The monoisotopic (exact) mass is 318 g/mol. The van der Waals surface area contributed by atoms with Crippen LogP contribution in [0.2, 0.25) is 0 Å². The van der Waals surface area contributed by atoms with Gasteiger partial charge in [-0.3, -0.25) is 0 Å². The van der Waals surface area contributed by atoms with Crippen LogP contribution >= 0.6 is 22.6 Å². The highest BCUT2D eigenvalue weighted by Gasteiger charge is 2.15. The van der Waals surface area contributed by atoms with Gasteiger partial charge in [-0.05, 0) is 66.1 Å². The molecule has 82 valence electrons. The van der Waals surface area contributed by atoms with Crippen LogP contribution in [0.15, 0.2) is 18.2 Å². The van der Waals surface area contributed by atoms with Gasteiger partial charge >= 0.3 is 0 Å². The molecule has 1 aromatic carbocycles. The van der Waals surface area contributed by atoms with Crippen molar-refractivity contribution in [1.82, 2.24) is 0 Å². The second-order valence-corrected chi connectivity index (χ2v) is 5.07. The summed E-state index contributed by atoms with van der Waals surface area (Å²) in [6.07, 6.45) is 3.32. The maximum atomic E-state index is 5.82. The van der Waals surface area contributed by atoms with Crippen LogP contribution in [0.1, 0.15) is 24.8 Å². The van der Waals surface area contributed by atoms with Crippen molar-refractivity contribution >= 4 is 22.6 Å². The third kappa shape index (κ3) is 3.08. The lowest BCUT2D eigenvalue weighted by Gasteiger charge is -2.24. The molecule has 1 heterocycles. The molecule has 0 amide bonds. The van der Waals surface area contributed by atoms with Gasteiger partial charge in [0.1, 0.15) is 5.75 Å². The highest BCUT2D eigenvalue weighted by molar-refractivity contribution is 14.1. The lowest BCUT2D eigenvalue weighted by Crippen LogP contribution is -2.25. The molecule has 3 heteroatoms. The molecular weight excluding hydrogens is 303 g/mol. The molecule has 2 nitrogen and oxygen atoms in total. The van der Waals surface area contributed by atoms with Gasteiger partial charge in [0.2, 0.25) is 0 Å². The quantitative estimate of drug-likeness (QED) is 0.777. The lowest BCUT2D eigenvalue weighted by molar-refractivity contribution is -0.106. The van der Waals surface area contributed by atoms with Crippen molar-refractivity contribution in [3.05, 3.63) is 27.3 Å². The number of ether oxygens (including phenoxy) is 2. The number of halogens is 1. The molecule has 0 aromatic heterocycles. The molecule has 1 atom stereocenters. The molecule has 2 rings (SSSR count). The van der Waals surface area contributed by atoms with E-state index in [1.54, 1.807) is 0 Å². The van der Waals surface area contributed by atoms with Crippen LogP contribution in [0.3, 0.4) is 0 Å². The molecular formula is C12H15IO2. The Labute approximate surface area is 104 Å². The van der Waals surface area contributed by atoms with Crippen LogP contribution in [-0.4, -0.2) is 12.9 Å². The van der Waals surface area contributed by atoms with Crippen molar-refractivity contribution in [3.63, 3.8) is 0 Å². The number of hydrogen-bond donors (Lipinski definition) is 0. The van der Waals surface area contributed by atoms with Gasteiger partial charge in [0.15, 0.2) is 6.29 Å². The Kier molecular flexibility index (Phi) is 3.86. The van der Waals surface area contributed by atoms with E-state index in [0.29, 0.717) is 0 Å². The Hall–Kier alpha value is -0.290. The molecule has 0 spiro atoms. The first-order chi connectivity index (χ1) is 7.25. The Bertz CT molecular complexity index is 332. The molecule has 1 aliphatic rings. The summed E-state index contributed by atoms with van der Waals surface area (Å²) in [5.41, 5.74) is 1.18. The molecule has 0 saturated carbocycles. The van der Waals surface area contributed by atoms with Crippen molar-refractivity contribution in [3.8, 4) is 5.75 Å². The van der Waals surface area contributed by atoms with Crippen LogP contribution in [0.4, 0.5) is 0 Å². The normalized spacial score (nSPS) is 21.3. The summed E-state index contributed by atoms with van der Waals surface area (Å²) in [4.78, 5) is 0. The predicted molar refractivity (Wildman–Crippen MR) is 68.1 cm³/mol. The van der Waals surface area contributed by atoms with E-state index in [1.165, 1.54) is 15.6 Å². The zero-order valence-corrected chi connectivity index (χ0v) is 11.0. The molecule has 15 heavy (non-hydrogen) atoms. The molecule has 1 saturated heterocycles. The molecule has 0 radical (unpaired) electrons. The summed E-state index contributed by atoms with van der Waals surface area (Å²) >= 11 is 2.31. The first-order valence-corrected chi connectivity index (χ1v) is 6.38. The molecule has 1 aliphatic heterocycles. The van der Waals surface area contributed by atoms with Crippen molar-refractivity contribution in [2.75, 3.05) is 6.61 Å². The van der Waals surface area contributed by atoms with E-state index in [-0.39, 0.29) is 6.29 Å². The highest BCUT2D eigenvalue weighted by Crippen LogP contribution is 2.24. The Morgan fingerprint density at radius 2 is 2.27 bits per heavy atom. The number of aryl methyl sites for hydroxylation is 1. The van der Waals surface area contributed by atoms with Crippen LogP contribution in [0.5, 0.6) is 5.75 Å². The van der Waals surface area contributed by atoms with Gasteiger partial charge in [-0.25, -0.2) is 0 Å². The first-order valence-electron chi connectivity index (χ1n) is 5.30. The maximum absolute atomic E-state index is 5.82. The van der Waals surface area contributed by atoms with E-state index in [9.17, 15) is 0 Å². The molecule has 0 aliphatic carbocycles. The number of rotatable bonds is 2. The lowest BCUT2D eigenvalue weighted by atomic mass is 10.2. The minimum atomic E-state index is -0.0440. The molecule has 0 N–H and O–H groups in total. The van der Waals surface area contributed by atoms with Gasteiger partial charge in [0.25, 0.3) is 0 Å². The largest absolute Gasteiger partial charge is 0.465 e.